The molecule has 0 bridgehead atoms. The minimum atomic E-state index is -1.83. The van der Waals surface area contributed by atoms with E-state index in [4.69, 9.17) is 20.1 Å². The Morgan fingerprint density at radius 3 is 1.60 bits per heavy atom. The van der Waals surface area contributed by atoms with Crippen LogP contribution in [-0.2, 0) is 4.74 Å². The molecular formula is C4H6O6. The summed E-state index contributed by atoms with van der Waals surface area (Å²) in [7, 11) is 0. The van der Waals surface area contributed by atoms with Gasteiger partial charge in [-0.1, -0.05) is 6.58 Å². The molecule has 0 saturated heterocycles. The van der Waals surface area contributed by atoms with Crippen LogP contribution in [0.3, 0.4) is 0 Å². The van der Waals surface area contributed by atoms with Gasteiger partial charge in [0.1, 0.15) is 0 Å². The third-order valence-corrected chi connectivity index (χ3v) is 0.184. The molecule has 0 unspecified atom stereocenters. The van der Waals surface area contributed by atoms with Crippen molar-refractivity contribution in [3.05, 3.63) is 12.8 Å². The molecule has 0 aromatic rings. The first-order valence-corrected chi connectivity index (χ1v) is 1.93. The first-order valence-electron chi connectivity index (χ1n) is 1.93. The highest BCUT2D eigenvalue weighted by atomic mass is 16.7. The smallest absolute Gasteiger partial charge is 0.450 e. The predicted molar refractivity (Wildman–Crippen MR) is 30.0 cm³/mol. The summed E-state index contributed by atoms with van der Waals surface area (Å²) in [6.45, 7) is 3.00. The van der Waals surface area contributed by atoms with Gasteiger partial charge in [0.15, 0.2) is 0 Å². The fourth-order valence-corrected chi connectivity index (χ4v) is 0.0713. The van der Waals surface area contributed by atoms with Crippen molar-refractivity contribution in [1.82, 2.24) is 0 Å². The van der Waals surface area contributed by atoms with Gasteiger partial charge in [-0.15, -0.1) is 0 Å². The molecule has 0 radical (unpaired) electrons. The fraction of sp³-hybridized carbons (Fsp3) is 0. The minimum Gasteiger partial charge on any atom is -0.450 e. The molecular weight excluding hydrogens is 144 g/mol. The fourth-order valence-electron chi connectivity index (χ4n) is 0.0713. The summed E-state index contributed by atoms with van der Waals surface area (Å²) in [5.74, 6) is 0. The largest absolute Gasteiger partial charge is 0.510 e. The zero-order chi connectivity index (χ0) is 8.57. The molecule has 6 nitrogen and oxygen atoms in total. The summed E-state index contributed by atoms with van der Waals surface area (Å²) >= 11 is 0. The van der Waals surface area contributed by atoms with Crippen LogP contribution in [0.4, 0.5) is 9.59 Å². The van der Waals surface area contributed by atoms with E-state index in [1.54, 1.807) is 0 Å². The van der Waals surface area contributed by atoms with Crippen molar-refractivity contribution in [3.8, 4) is 0 Å². The topological polar surface area (TPSA) is 104 Å². The van der Waals surface area contributed by atoms with Gasteiger partial charge in [0.2, 0.25) is 0 Å². The molecule has 0 aromatic heterocycles. The highest BCUT2D eigenvalue weighted by Gasteiger charge is 1.84. The standard InChI is InChI=1S/C3H4O3.CH2O3/c1-2-6-3(4)5;2-1(3)4/h2H,1H2,(H,4,5);(H2,2,3,4). The van der Waals surface area contributed by atoms with E-state index in [0.717, 1.165) is 6.26 Å². The maximum Gasteiger partial charge on any atom is 0.510 e. The molecule has 0 amide bonds. The van der Waals surface area contributed by atoms with Crippen LogP contribution in [0.15, 0.2) is 12.8 Å². The molecule has 6 heteroatoms. The van der Waals surface area contributed by atoms with Crippen molar-refractivity contribution in [1.29, 1.82) is 0 Å². The lowest BCUT2D eigenvalue weighted by molar-refractivity contribution is 0.128. The third-order valence-electron chi connectivity index (χ3n) is 0.184. The zero-order valence-electron chi connectivity index (χ0n) is 4.85. The Kier molecular flexibility index (Phi) is 8.10. The maximum atomic E-state index is 9.31. The van der Waals surface area contributed by atoms with Crippen LogP contribution in [0.1, 0.15) is 0 Å². The van der Waals surface area contributed by atoms with Crippen LogP contribution < -0.4 is 0 Å². The summed E-state index contributed by atoms with van der Waals surface area (Å²) in [6.07, 6.45) is -2.31. The van der Waals surface area contributed by atoms with Crippen molar-refractivity contribution in [3.63, 3.8) is 0 Å². The van der Waals surface area contributed by atoms with Crippen LogP contribution in [0.2, 0.25) is 0 Å². The maximum absolute atomic E-state index is 9.31. The van der Waals surface area contributed by atoms with Crippen molar-refractivity contribution in [2.75, 3.05) is 0 Å². The van der Waals surface area contributed by atoms with Gasteiger partial charge in [-0.05, 0) is 0 Å². The van der Waals surface area contributed by atoms with Gasteiger partial charge in [-0.2, -0.15) is 0 Å². The Labute approximate surface area is 56.0 Å². The Hall–Kier alpha value is -1.72. The van der Waals surface area contributed by atoms with Gasteiger partial charge < -0.3 is 20.1 Å². The number of hydrogen-bond donors (Lipinski definition) is 3. The van der Waals surface area contributed by atoms with Crippen molar-refractivity contribution >= 4 is 12.3 Å². The average Bonchev–Trinajstić information content (AvgIpc) is 1.62. The number of carboxylic acid groups (broad SMARTS) is 3. The van der Waals surface area contributed by atoms with E-state index in [9.17, 15) is 4.79 Å². The summed E-state index contributed by atoms with van der Waals surface area (Å²) < 4.78 is 3.72. The molecule has 0 atom stereocenters. The monoisotopic (exact) mass is 150 g/mol. The van der Waals surface area contributed by atoms with E-state index >= 15 is 0 Å². The van der Waals surface area contributed by atoms with Gasteiger partial charge in [0.25, 0.3) is 0 Å². The van der Waals surface area contributed by atoms with Crippen LogP contribution >= 0.6 is 0 Å². The molecule has 0 fully saturated rings. The highest BCUT2D eigenvalue weighted by Crippen LogP contribution is 1.70. The Morgan fingerprint density at radius 2 is 1.60 bits per heavy atom. The van der Waals surface area contributed by atoms with Crippen LogP contribution in [-0.4, -0.2) is 27.6 Å². The molecule has 0 spiro atoms. The molecule has 58 valence electrons. The van der Waals surface area contributed by atoms with Gasteiger partial charge >= 0.3 is 12.3 Å². The second-order valence-electron chi connectivity index (χ2n) is 0.833. The Morgan fingerprint density at radius 1 is 1.30 bits per heavy atom. The Bertz CT molecular complexity index is 124. The number of hydrogen-bond acceptors (Lipinski definition) is 3. The van der Waals surface area contributed by atoms with Crippen LogP contribution in [0.5, 0.6) is 0 Å². The SMILES string of the molecule is C=COC(=O)O.O=C(O)O. The van der Waals surface area contributed by atoms with Gasteiger partial charge in [0.05, 0.1) is 6.26 Å². The number of rotatable bonds is 1. The molecule has 3 N–H and O–H groups in total. The minimum absolute atomic E-state index is 0.850. The Balaban J connectivity index is 0. The highest BCUT2D eigenvalue weighted by molar-refractivity contribution is 5.57. The summed E-state index contributed by atoms with van der Waals surface area (Å²) in [4.78, 5) is 17.9. The molecule has 0 saturated carbocycles. The van der Waals surface area contributed by atoms with E-state index in [1.807, 2.05) is 0 Å². The van der Waals surface area contributed by atoms with Gasteiger partial charge in [0, 0.05) is 0 Å². The lowest BCUT2D eigenvalue weighted by Gasteiger charge is -1.81. The molecule has 0 aliphatic heterocycles. The molecule has 0 rings (SSSR count). The lowest BCUT2D eigenvalue weighted by Crippen LogP contribution is -1.89. The van der Waals surface area contributed by atoms with Crippen molar-refractivity contribution in [2.45, 2.75) is 0 Å². The van der Waals surface area contributed by atoms with Crippen molar-refractivity contribution < 1.29 is 29.6 Å². The van der Waals surface area contributed by atoms with Gasteiger partial charge in [-0.3, -0.25) is 0 Å². The number of carbonyl (C=O) groups is 2. The van der Waals surface area contributed by atoms with E-state index in [-0.39, 0.29) is 0 Å². The molecule has 0 heterocycles. The average molecular weight is 150 g/mol. The lowest BCUT2D eigenvalue weighted by atomic mass is 11.1. The summed E-state index contributed by atoms with van der Waals surface area (Å²) in [6, 6.07) is 0. The zero-order valence-corrected chi connectivity index (χ0v) is 4.85. The molecule has 0 aromatic carbocycles. The molecule has 0 aliphatic carbocycles. The second kappa shape index (κ2) is 7.28. The first kappa shape index (κ1) is 11.1. The molecule has 0 aliphatic rings. The summed E-state index contributed by atoms with van der Waals surface area (Å²) in [5, 5.41) is 21.6. The molecule has 10 heavy (non-hydrogen) atoms. The second-order valence-corrected chi connectivity index (χ2v) is 0.833. The van der Waals surface area contributed by atoms with E-state index in [1.165, 1.54) is 0 Å². The van der Waals surface area contributed by atoms with E-state index in [0.29, 0.717) is 0 Å². The summed E-state index contributed by atoms with van der Waals surface area (Å²) in [5.41, 5.74) is 0. The third kappa shape index (κ3) is 107. The first-order chi connectivity index (χ1) is 4.50. The van der Waals surface area contributed by atoms with Crippen LogP contribution in [0.25, 0.3) is 0 Å². The quantitative estimate of drug-likeness (QED) is 0.381. The van der Waals surface area contributed by atoms with E-state index < -0.39 is 12.3 Å². The normalized spacial score (nSPS) is 6.40. The number of ether oxygens (including phenoxy) is 1. The predicted octanol–water partition coefficient (Wildman–Crippen LogP) is 1.05. The van der Waals surface area contributed by atoms with Crippen molar-refractivity contribution in [2.24, 2.45) is 0 Å². The van der Waals surface area contributed by atoms with Crippen LogP contribution in [0, 0.1) is 0 Å². The van der Waals surface area contributed by atoms with E-state index in [2.05, 4.69) is 11.3 Å². The van der Waals surface area contributed by atoms with Gasteiger partial charge in [-0.25, -0.2) is 9.59 Å².